The summed E-state index contributed by atoms with van der Waals surface area (Å²) in [6, 6.07) is 15.7. The summed E-state index contributed by atoms with van der Waals surface area (Å²) >= 11 is 7.06. The highest BCUT2D eigenvalue weighted by molar-refractivity contribution is 14.1. The molecule has 0 aliphatic heterocycles. The van der Waals surface area contributed by atoms with Crippen LogP contribution in [0, 0.1) is 3.57 Å². The third kappa shape index (κ3) is 4.86. The van der Waals surface area contributed by atoms with Crippen LogP contribution >= 0.6 is 50.3 Å². The van der Waals surface area contributed by atoms with E-state index in [4.69, 9.17) is 0 Å². The number of nitrogens with zero attached hydrogens (tertiary/aromatic N) is 3. The number of anilines is 1. The molecule has 0 spiro atoms. The van der Waals surface area contributed by atoms with Crippen molar-refractivity contribution in [1.82, 2.24) is 14.8 Å². The first-order valence-corrected chi connectivity index (χ1v) is 10.8. The summed E-state index contributed by atoms with van der Waals surface area (Å²) in [7, 11) is 0. The third-order valence-corrected chi connectivity index (χ3v) is 5.81. The second-order valence-corrected chi connectivity index (χ2v) is 8.50. The summed E-state index contributed by atoms with van der Waals surface area (Å²) in [4.78, 5) is 12.2. The van der Waals surface area contributed by atoms with E-state index < -0.39 is 0 Å². The first-order valence-electron chi connectivity index (χ1n) is 7.94. The summed E-state index contributed by atoms with van der Waals surface area (Å²) < 4.78 is 4.17. The van der Waals surface area contributed by atoms with Crippen molar-refractivity contribution in [1.29, 1.82) is 0 Å². The molecule has 134 valence electrons. The molecular formula is C18H16BrIN4OS. The summed E-state index contributed by atoms with van der Waals surface area (Å²) in [5.74, 6) is 1.03. The van der Waals surface area contributed by atoms with Crippen molar-refractivity contribution in [2.24, 2.45) is 0 Å². The largest absolute Gasteiger partial charge is 0.325 e. The lowest BCUT2D eigenvalue weighted by Gasteiger charge is -2.08. The van der Waals surface area contributed by atoms with Crippen LogP contribution in [0.2, 0.25) is 0 Å². The molecule has 0 radical (unpaired) electrons. The molecule has 0 saturated heterocycles. The van der Waals surface area contributed by atoms with Gasteiger partial charge >= 0.3 is 0 Å². The molecule has 1 amide bonds. The van der Waals surface area contributed by atoms with Gasteiger partial charge in [-0.1, -0.05) is 39.8 Å². The minimum absolute atomic E-state index is 0.0629. The molecule has 1 heterocycles. The predicted octanol–water partition coefficient (Wildman–Crippen LogP) is 5.06. The van der Waals surface area contributed by atoms with Gasteiger partial charge in [0.2, 0.25) is 5.91 Å². The highest BCUT2D eigenvalue weighted by atomic mass is 127. The first-order chi connectivity index (χ1) is 12.6. The van der Waals surface area contributed by atoms with Crippen molar-refractivity contribution in [2.75, 3.05) is 11.1 Å². The summed E-state index contributed by atoms with van der Waals surface area (Å²) in [5, 5.41) is 12.2. The highest BCUT2D eigenvalue weighted by Gasteiger charge is 2.14. The number of aromatic nitrogens is 3. The Balaban J connectivity index is 1.67. The molecule has 0 saturated carbocycles. The molecule has 2 aromatic carbocycles. The molecule has 0 bridgehead atoms. The van der Waals surface area contributed by atoms with E-state index in [0.29, 0.717) is 0 Å². The van der Waals surface area contributed by atoms with Gasteiger partial charge in [0.1, 0.15) is 0 Å². The van der Waals surface area contributed by atoms with Crippen molar-refractivity contribution in [3.63, 3.8) is 0 Å². The van der Waals surface area contributed by atoms with E-state index in [2.05, 4.69) is 54.0 Å². The molecule has 0 fully saturated rings. The van der Waals surface area contributed by atoms with Gasteiger partial charge in [-0.3, -0.25) is 4.79 Å². The number of thioether (sulfide) groups is 1. The maximum atomic E-state index is 12.2. The van der Waals surface area contributed by atoms with Gasteiger partial charge in [0.25, 0.3) is 0 Å². The van der Waals surface area contributed by atoms with Gasteiger partial charge in [-0.15, -0.1) is 10.2 Å². The van der Waals surface area contributed by atoms with Gasteiger partial charge in [0.15, 0.2) is 11.0 Å². The average Bonchev–Trinajstić information content (AvgIpc) is 3.05. The van der Waals surface area contributed by atoms with Gasteiger partial charge in [0, 0.05) is 25.8 Å². The molecule has 8 heteroatoms. The fraction of sp³-hybridized carbons (Fsp3) is 0.167. The van der Waals surface area contributed by atoms with Gasteiger partial charge in [-0.25, -0.2) is 0 Å². The second-order valence-electron chi connectivity index (χ2n) is 5.40. The highest BCUT2D eigenvalue weighted by Crippen LogP contribution is 2.25. The van der Waals surface area contributed by atoms with Crippen LogP contribution in [0.15, 0.2) is 58.2 Å². The fourth-order valence-electron chi connectivity index (χ4n) is 2.35. The molecule has 1 N–H and O–H groups in total. The van der Waals surface area contributed by atoms with Crippen LogP contribution in [0.3, 0.4) is 0 Å². The molecule has 3 rings (SSSR count). The minimum atomic E-state index is -0.0629. The lowest BCUT2D eigenvalue weighted by atomic mass is 10.2. The Bertz CT molecular complexity index is 897. The van der Waals surface area contributed by atoms with Crippen LogP contribution in [-0.4, -0.2) is 26.4 Å². The van der Waals surface area contributed by atoms with Gasteiger partial charge < -0.3 is 9.88 Å². The lowest BCUT2D eigenvalue weighted by Crippen LogP contribution is -2.14. The number of hydrogen-bond donors (Lipinski definition) is 1. The smallest absolute Gasteiger partial charge is 0.234 e. The maximum absolute atomic E-state index is 12.2. The fourth-order valence-corrected chi connectivity index (χ4v) is 3.78. The molecule has 1 aromatic heterocycles. The molecule has 0 aliphatic rings. The Morgan fingerprint density at radius 3 is 2.50 bits per heavy atom. The van der Waals surface area contributed by atoms with Gasteiger partial charge in [0.05, 0.1) is 5.75 Å². The Morgan fingerprint density at radius 2 is 1.85 bits per heavy atom. The van der Waals surface area contributed by atoms with Crippen LogP contribution in [-0.2, 0) is 11.3 Å². The van der Waals surface area contributed by atoms with E-state index >= 15 is 0 Å². The van der Waals surface area contributed by atoms with Crippen LogP contribution in [0.5, 0.6) is 0 Å². The van der Waals surface area contributed by atoms with E-state index in [1.165, 1.54) is 11.8 Å². The number of hydrogen-bond acceptors (Lipinski definition) is 4. The second kappa shape index (κ2) is 9.01. The van der Waals surface area contributed by atoms with Crippen molar-refractivity contribution >= 4 is 61.9 Å². The topological polar surface area (TPSA) is 59.8 Å². The van der Waals surface area contributed by atoms with Crippen molar-refractivity contribution in [2.45, 2.75) is 18.6 Å². The molecule has 26 heavy (non-hydrogen) atoms. The van der Waals surface area contributed by atoms with Crippen molar-refractivity contribution in [3.05, 3.63) is 56.6 Å². The van der Waals surface area contributed by atoms with E-state index in [1.54, 1.807) is 0 Å². The Morgan fingerprint density at radius 1 is 1.15 bits per heavy atom. The molecule has 0 unspecified atom stereocenters. The zero-order valence-corrected chi connectivity index (χ0v) is 18.5. The van der Waals surface area contributed by atoms with Crippen molar-refractivity contribution < 1.29 is 4.79 Å². The summed E-state index contributed by atoms with van der Waals surface area (Å²) in [6.07, 6.45) is 0. The average molecular weight is 543 g/mol. The van der Waals surface area contributed by atoms with Crippen LogP contribution in [0.1, 0.15) is 6.92 Å². The number of nitrogens with one attached hydrogen (secondary N) is 1. The van der Waals surface area contributed by atoms with E-state index in [9.17, 15) is 4.79 Å². The lowest BCUT2D eigenvalue weighted by molar-refractivity contribution is -0.113. The monoisotopic (exact) mass is 542 g/mol. The van der Waals surface area contributed by atoms with Gasteiger partial charge in [-0.05, 0) is 65.9 Å². The predicted molar refractivity (Wildman–Crippen MR) is 117 cm³/mol. The van der Waals surface area contributed by atoms with Crippen LogP contribution in [0.4, 0.5) is 5.69 Å². The third-order valence-electron chi connectivity index (χ3n) is 3.60. The standard InChI is InChI=1S/C18H16BrIN4OS/c1-2-24-17(12-3-5-13(19)6-4-12)22-23-18(24)26-11-16(25)21-15-9-7-14(20)8-10-15/h3-10H,2,11H2,1H3,(H,21,25). The van der Waals surface area contributed by atoms with E-state index in [1.807, 2.05) is 60.0 Å². The summed E-state index contributed by atoms with van der Waals surface area (Å²) in [6.45, 7) is 2.78. The molecule has 0 atom stereocenters. The van der Waals surface area contributed by atoms with Gasteiger partial charge in [-0.2, -0.15) is 0 Å². The van der Waals surface area contributed by atoms with E-state index in [0.717, 1.165) is 36.8 Å². The molecule has 0 aliphatic carbocycles. The summed E-state index contributed by atoms with van der Waals surface area (Å²) in [5.41, 5.74) is 1.79. The molecule has 3 aromatic rings. The number of benzene rings is 2. The van der Waals surface area contributed by atoms with Crippen LogP contribution < -0.4 is 5.32 Å². The number of rotatable bonds is 6. The molecule has 5 nitrogen and oxygen atoms in total. The Labute approximate surface area is 178 Å². The Hall–Kier alpha value is -1.39. The van der Waals surface area contributed by atoms with Crippen molar-refractivity contribution in [3.8, 4) is 11.4 Å². The van der Waals surface area contributed by atoms with Crippen LogP contribution in [0.25, 0.3) is 11.4 Å². The zero-order chi connectivity index (χ0) is 18.5. The number of carbonyl (C=O) groups is 1. The quantitative estimate of drug-likeness (QED) is 0.349. The maximum Gasteiger partial charge on any atom is 0.234 e. The number of amides is 1. The molecular weight excluding hydrogens is 527 g/mol. The van der Waals surface area contributed by atoms with E-state index in [-0.39, 0.29) is 11.7 Å². The Kier molecular flexibility index (Phi) is 6.71. The number of halogens is 2. The SMILES string of the molecule is CCn1c(SCC(=O)Nc2ccc(I)cc2)nnc1-c1ccc(Br)cc1. The first kappa shape index (κ1) is 19.4. The zero-order valence-electron chi connectivity index (χ0n) is 13.9. The minimum Gasteiger partial charge on any atom is -0.325 e. The normalized spacial score (nSPS) is 10.7. The number of carbonyl (C=O) groups excluding carboxylic acids is 1.